The summed E-state index contributed by atoms with van der Waals surface area (Å²) in [5.41, 5.74) is 0.135. The second kappa shape index (κ2) is 8.80. The molecule has 0 bridgehead atoms. The number of ether oxygens (including phenoxy) is 1. The Labute approximate surface area is 167 Å². The molecule has 0 aliphatic carbocycles. The first kappa shape index (κ1) is 22.0. The van der Waals surface area contributed by atoms with Crippen molar-refractivity contribution in [2.75, 3.05) is 19.6 Å². The quantitative estimate of drug-likeness (QED) is 0.730. The van der Waals surface area contributed by atoms with Gasteiger partial charge in [0.05, 0.1) is 5.75 Å². The van der Waals surface area contributed by atoms with Gasteiger partial charge in [-0.3, -0.25) is 0 Å². The Morgan fingerprint density at radius 2 is 1.93 bits per heavy atom. The lowest BCUT2D eigenvalue weighted by atomic mass is 10.1. The Hall–Kier alpha value is -1.31. The van der Waals surface area contributed by atoms with E-state index in [2.05, 4.69) is 0 Å². The Kier molecular flexibility index (Phi) is 7.16. The lowest BCUT2D eigenvalue weighted by Gasteiger charge is -2.37. The Bertz CT molecular complexity index is 753. The molecule has 0 radical (unpaired) electrons. The number of amides is 1. The maximum atomic E-state index is 12.9. The summed E-state index contributed by atoms with van der Waals surface area (Å²) in [6.45, 7) is 8.72. The van der Waals surface area contributed by atoms with E-state index in [1.807, 2.05) is 27.7 Å². The maximum Gasteiger partial charge on any atom is 0.410 e. The summed E-state index contributed by atoms with van der Waals surface area (Å²) in [6, 6.07) is 6.81. The number of benzene rings is 1. The summed E-state index contributed by atoms with van der Waals surface area (Å²) in [4.78, 5) is 13.8. The molecule has 1 saturated heterocycles. The van der Waals surface area contributed by atoms with E-state index < -0.39 is 15.6 Å². The average Bonchev–Trinajstić information content (AvgIpc) is 2.53. The fourth-order valence-electron chi connectivity index (χ4n) is 3.27. The van der Waals surface area contributed by atoms with E-state index in [1.165, 1.54) is 0 Å². The van der Waals surface area contributed by atoms with Crippen LogP contribution in [0.25, 0.3) is 0 Å². The van der Waals surface area contributed by atoms with Gasteiger partial charge in [-0.2, -0.15) is 4.31 Å². The fraction of sp³-hybridized carbons (Fsp3) is 0.632. The van der Waals surface area contributed by atoms with Crippen molar-refractivity contribution in [2.24, 2.45) is 0 Å². The summed E-state index contributed by atoms with van der Waals surface area (Å²) >= 11 is 5.97. The highest BCUT2D eigenvalue weighted by Gasteiger charge is 2.34. The zero-order valence-corrected chi connectivity index (χ0v) is 18.0. The second-order valence-electron chi connectivity index (χ2n) is 7.79. The molecule has 0 saturated carbocycles. The van der Waals surface area contributed by atoms with Crippen LogP contribution < -0.4 is 0 Å². The van der Waals surface area contributed by atoms with Gasteiger partial charge in [0.15, 0.2) is 0 Å². The first-order valence-corrected chi connectivity index (χ1v) is 11.2. The smallest absolute Gasteiger partial charge is 0.410 e. The SMILES string of the molecule is CCN(C1CCN(C(=O)OC(C)(C)C)CC1)S(=O)(=O)Cc1cccc(Cl)c1. The third-order valence-corrected chi connectivity index (χ3v) is 6.63. The van der Waals surface area contributed by atoms with E-state index in [4.69, 9.17) is 16.3 Å². The van der Waals surface area contributed by atoms with Gasteiger partial charge in [-0.1, -0.05) is 30.7 Å². The van der Waals surface area contributed by atoms with Crippen LogP contribution in [-0.4, -0.2) is 55.0 Å². The average molecular weight is 417 g/mol. The molecule has 1 fully saturated rings. The number of hydrogen-bond donors (Lipinski definition) is 0. The summed E-state index contributed by atoms with van der Waals surface area (Å²) < 4.78 is 32.8. The molecule has 27 heavy (non-hydrogen) atoms. The summed E-state index contributed by atoms with van der Waals surface area (Å²) in [5, 5.41) is 0.524. The van der Waals surface area contributed by atoms with E-state index in [9.17, 15) is 13.2 Å². The molecule has 1 aliphatic heterocycles. The van der Waals surface area contributed by atoms with Crippen LogP contribution in [0.5, 0.6) is 0 Å². The van der Waals surface area contributed by atoms with Crippen LogP contribution in [0.15, 0.2) is 24.3 Å². The molecule has 0 atom stereocenters. The topological polar surface area (TPSA) is 66.9 Å². The van der Waals surface area contributed by atoms with Crippen LogP contribution in [0, 0.1) is 0 Å². The first-order valence-electron chi connectivity index (χ1n) is 9.23. The van der Waals surface area contributed by atoms with Gasteiger partial charge in [-0.05, 0) is 51.3 Å². The highest BCUT2D eigenvalue weighted by Crippen LogP contribution is 2.24. The summed E-state index contributed by atoms with van der Waals surface area (Å²) in [6.07, 6.45) is 0.856. The van der Waals surface area contributed by atoms with E-state index in [1.54, 1.807) is 33.5 Å². The van der Waals surface area contributed by atoms with Crippen molar-refractivity contribution in [3.8, 4) is 0 Å². The minimum atomic E-state index is -3.47. The molecule has 0 unspecified atom stereocenters. The van der Waals surface area contributed by atoms with E-state index in [0.717, 1.165) is 0 Å². The monoisotopic (exact) mass is 416 g/mol. The van der Waals surface area contributed by atoms with Crippen LogP contribution in [0.3, 0.4) is 0 Å². The fourth-order valence-corrected chi connectivity index (χ4v) is 5.30. The molecule has 152 valence electrons. The van der Waals surface area contributed by atoms with Gasteiger partial charge < -0.3 is 9.64 Å². The van der Waals surface area contributed by atoms with E-state index >= 15 is 0 Å². The molecular formula is C19H29ClN2O4S. The maximum absolute atomic E-state index is 12.9. The molecule has 1 aromatic rings. The predicted octanol–water partition coefficient (Wildman–Crippen LogP) is 3.89. The summed E-state index contributed by atoms with van der Waals surface area (Å²) in [5.74, 6) is -0.0757. The second-order valence-corrected chi connectivity index (χ2v) is 10.1. The molecule has 2 rings (SSSR count). The zero-order valence-electron chi connectivity index (χ0n) is 16.4. The van der Waals surface area contributed by atoms with Crippen molar-refractivity contribution in [1.29, 1.82) is 0 Å². The van der Waals surface area contributed by atoms with Crippen LogP contribution in [0.2, 0.25) is 5.02 Å². The number of carbonyl (C=O) groups excluding carboxylic acids is 1. The Morgan fingerprint density at radius 1 is 1.30 bits per heavy atom. The number of likely N-dealkylation sites (tertiary alicyclic amines) is 1. The highest BCUT2D eigenvalue weighted by molar-refractivity contribution is 7.88. The number of hydrogen-bond acceptors (Lipinski definition) is 4. The van der Waals surface area contributed by atoms with Crippen LogP contribution >= 0.6 is 11.6 Å². The van der Waals surface area contributed by atoms with Gasteiger partial charge in [-0.15, -0.1) is 0 Å². The Balaban J connectivity index is 2.01. The molecule has 1 aliphatic rings. The number of piperidine rings is 1. The minimum absolute atomic E-state index is 0.0757. The van der Waals surface area contributed by atoms with Gasteiger partial charge in [0.1, 0.15) is 5.60 Å². The summed E-state index contributed by atoms with van der Waals surface area (Å²) in [7, 11) is -3.47. The zero-order chi connectivity index (χ0) is 20.2. The van der Waals surface area contributed by atoms with Crippen molar-refractivity contribution in [2.45, 2.75) is 57.9 Å². The third-order valence-electron chi connectivity index (χ3n) is 4.43. The molecule has 0 aromatic heterocycles. The van der Waals surface area contributed by atoms with Crippen molar-refractivity contribution in [3.63, 3.8) is 0 Å². The Morgan fingerprint density at radius 3 is 2.44 bits per heavy atom. The van der Waals surface area contributed by atoms with Gasteiger partial charge >= 0.3 is 6.09 Å². The van der Waals surface area contributed by atoms with Crippen molar-refractivity contribution in [3.05, 3.63) is 34.9 Å². The standard InChI is InChI=1S/C19H29ClN2O4S/c1-5-22(27(24,25)14-15-7-6-8-16(20)13-15)17-9-11-21(12-10-17)18(23)26-19(2,3)4/h6-8,13,17H,5,9-12,14H2,1-4H3. The molecule has 1 aromatic carbocycles. The number of carbonyl (C=O) groups is 1. The lowest BCUT2D eigenvalue weighted by Crippen LogP contribution is -2.49. The predicted molar refractivity (Wildman–Crippen MR) is 107 cm³/mol. The normalized spacial score (nSPS) is 16.6. The largest absolute Gasteiger partial charge is 0.444 e. The number of halogens is 1. The van der Waals surface area contributed by atoms with E-state index in [0.29, 0.717) is 43.1 Å². The van der Waals surface area contributed by atoms with Crippen molar-refractivity contribution < 1.29 is 17.9 Å². The minimum Gasteiger partial charge on any atom is -0.444 e. The van der Waals surface area contributed by atoms with E-state index in [-0.39, 0.29) is 17.9 Å². The molecular weight excluding hydrogens is 388 g/mol. The molecule has 1 heterocycles. The van der Waals surface area contributed by atoms with Gasteiger partial charge in [-0.25, -0.2) is 13.2 Å². The van der Waals surface area contributed by atoms with Crippen LogP contribution in [-0.2, 0) is 20.5 Å². The highest BCUT2D eigenvalue weighted by atomic mass is 35.5. The number of rotatable bonds is 5. The number of sulfonamides is 1. The molecule has 8 heteroatoms. The van der Waals surface area contributed by atoms with Gasteiger partial charge in [0, 0.05) is 30.7 Å². The van der Waals surface area contributed by atoms with Gasteiger partial charge in [0.25, 0.3) is 0 Å². The van der Waals surface area contributed by atoms with Crippen molar-refractivity contribution in [1.82, 2.24) is 9.21 Å². The lowest BCUT2D eigenvalue weighted by molar-refractivity contribution is 0.0179. The van der Waals surface area contributed by atoms with Crippen LogP contribution in [0.1, 0.15) is 46.1 Å². The molecule has 0 spiro atoms. The molecule has 0 N–H and O–H groups in total. The number of nitrogens with zero attached hydrogens (tertiary/aromatic N) is 2. The first-order chi connectivity index (χ1) is 12.5. The van der Waals surface area contributed by atoms with Crippen molar-refractivity contribution >= 4 is 27.7 Å². The van der Waals surface area contributed by atoms with Crippen LogP contribution in [0.4, 0.5) is 4.79 Å². The molecule has 6 nitrogen and oxygen atoms in total. The molecule has 1 amide bonds. The van der Waals surface area contributed by atoms with Gasteiger partial charge in [0.2, 0.25) is 10.0 Å². The third kappa shape index (κ3) is 6.36.